The third-order valence-electron chi connectivity index (χ3n) is 3.32. The Morgan fingerprint density at radius 2 is 2.14 bits per heavy atom. The first-order chi connectivity index (χ1) is 10.7. The minimum absolute atomic E-state index is 0.0791. The van der Waals surface area contributed by atoms with Crippen LogP contribution in [0.2, 0.25) is 0 Å². The molecule has 2 aromatic rings. The molecule has 0 bridgehead atoms. The number of methoxy groups -OCH3 is 1. The molecular weight excluding hydrogens is 300 g/mol. The Balaban J connectivity index is 2.19. The van der Waals surface area contributed by atoms with Crippen molar-refractivity contribution in [1.82, 2.24) is 9.88 Å². The summed E-state index contributed by atoms with van der Waals surface area (Å²) < 4.78 is 5.00. The smallest absolute Gasteiger partial charge is 0.273 e. The van der Waals surface area contributed by atoms with E-state index in [4.69, 9.17) is 9.84 Å². The number of hydrogen-bond donors (Lipinski definition) is 1. The van der Waals surface area contributed by atoms with Gasteiger partial charge in [0.05, 0.1) is 13.2 Å². The van der Waals surface area contributed by atoms with E-state index in [-0.39, 0.29) is 19.1 Å². The van der Waals surface area contributed by atoms with Gasteiger partial charge in [-0.15, -0.1) is 11.3 Å². The second-order valence-electron chi connectivity index (χ2n) is 4.86. The summed E-state index contributed by atoms with van der Waals surface area (Å²) in [7, 11) is 1.58. The molecule has 0 unspecified atom stereocenters. The number of carbonyl (C=O) groups is 1. The first kappa shape index (κ1) is 16.6. The predicted octanol–water partition coefficient (Wildman–Crippen LogP) is 2.20. The quantitative estimate of drug-likeness (QED) is 0.849. The van der Waals surface area contributed by atoms with Crippen LogP contribution < -0.4 is 0 Å². The zero-order valence-corrected chi connectivity index (χ0v) is 13.6. The van der Waals surface area contributed by atoms with Gasteiger partial charge in [0.15, 0.2) is 0 Å². The van der Waals surface area contributed by atoms with Gasteiger partial charge in [0.25, 0.3) is 5.91 Å². The standard InChI is InChI=1S/C16H20N2O3S/c1-12-5-3-4-6-13(12)15-17-14(11-22-15)16(20)18(7-9-19)8-10-21-2/h3-6,11,19H,7-10H2,1-2H3. The molecule has 0 saturated carbocycles. The van der Waals surface area contributed by atoms with Crippen LogP contribution in [0.15, 0.2) is 29.6 Å². The summed E-state index contributed by atoms with van der Waals surface area (Å²) in [6.07, 6.45) is 0. The number of carbonyl (C=O) groups excluding carboxylic acids is 1. The van der Waals surface area contributed by atoms with Gasteiger partial charge in [0, 0.05) is 31.1 Å². The highest BCUT2D eigenvalue weighted by Crippen LogP contribution is 2.26. The number of thiazole rings is 1. The Hall–Kier alpha value is -1.76. The van der Waals surface area contributed by atoms with Crippen molar-refractivity contribution in [1.29, 1.82) is 0 Å². The van der Waals surface area contributed by atoms with Crippen molar-refractivity contribution < 1.29 is 14.6 Å². The van der Waals surface area contributed by atoms with E-state index >= 15 is 0 Å². The van der Waals surface area contributed by atoms with E-state index in [0.29, 0.717) is 18.8 Å². The second-order valence-corrected chi connectivity index (χ2v) is 5.72. The van der Waals surface area contributed by atoms with Crippen molar-refractivity contribution >= 4 is 17.2 Å². The lowest BCUT2D eigenvalue weighted by Crippen LogP contribution is -2.36. The molecule has 0 spiro atoms. The second kappa shape index (κ2) is 8.03. The molecule has 1 N–H and O–H groups in total. The lowest BCUT2D eigenvalue weighted by molar-refractivity contribution is 0.0651. The molecule has 1 amide bonds. The Bertz CT molecular complexity index is 627. The van der Waals surface area contributed by atoms with Gasteiger partial charge < -0.3 is 14.7 Å². The number of amides is 1. The molecule has 22 heavy (non-hydrogen) atoms. The number of ether oxygens (including phenoxy) is 1. The van der Waals surface area contributed by atoms with E-state index in [1.807, 2.05) is 31.2 Å². The molecule has 5 nitrogen and oxygen atoms in total. The van der Waals surface area contributed by atoms with Crippen LogP contribution in [0.4, 0.5) is 0 Å². The van der Waals surface area contributed by atoms with E-state index in [0.717, 1.165) is 16.1 Å². The van der Waals surface area contributed by atoms with Crippen molar-refractivity contribution in [3.63, 3.8) is 0 Å². The fraction of sp³-hybridized carbons (Fsp3) is 0.375. The molecule has 0 atom stereocenters. The maximum atomic E-state index is 12.5. The predicted molar refractivity (Wildman–Crippen MR) is 87.2 cm³/mol. The number of aromatic nitrogens is 1. The summed E-state index contributed by atoms with van der Waals surface area (Å²) in [5, 5.41) is 11.7. The van der Waals surface area contributed by atoms with Crippen LogP contribution in [0.3, 0.4) is 0 Å². The Labute approximate surface area is 134 Å². The number of nitrogens with zero attached hydrogens (tertiary/aromatic N) is 2. The zero-order valence-electron chi connectivity index (χ0n) is 12.8. The lowest BCUT2D eigenvalue weighted by Gasteiger charge is -2.20. The Morgan fingerprint density at radius 1 is 1.36 bits per heavy atom. The normalized spacial score (nSPS) is 10.7. The number of aliphatic hydroxyl groups is 1. The van der Waals surface area contributed by atoms with Crippen LogP contribution in [-0.4, -0.2) is 54.3 Å². The van der Waals surface area contributed by atoms with Crippen molar-refractivity contribution in [3.8, 4) is 10.6 Å². The van der Waals surface area contributed by atoms with Gasteiger partial charge in [-0.3, -0.25) is 4.79 Å². The molecule has 0 aliphatic heterocycles. The summed E-state index contributed by atoms with van der Waals surface area (Å²) in [5.74, 6) is -0.179. The van der Waals surface area contributed by atoms with Crippen LogP contribution in [0, 0.1) is 6.92 Å². The van der Waals surface area contributed by atoms with Crippen LogP contribution in [0.1, 0.15) is 16.1 Å². The molecule has 2 rings (SSSR count). The van der Waals surface area contributed by atoms with Gasteiger partial charge in [-0.05, 0) is 12.5 Å². The number of benzene rings is 1. The minimum Gasteiger partial charge on any atom is -0.395 e. The topological polar surface area (TPSA) is 62.7 Å². The fourth-order valence-electron chi connectivity index (χ4n) is 2.11. The average Bonchev–Trinajstić information content (AvgIpc) is 3.01. The Morgan fingerprint density at radius 3 is 2.82 bits per heavy atom. The first-order valence-electron chi connectivity index (χ1n) is 7.08. The first-order valence-corrected chi connectivity index (χ1v) is 7.96. The van der Waals surface area contributed by atoms with Gasteiger partial charge in [-0.1, -0.05) is 24.3 Å². The summed E-state index contributed by atoms with van der Waals surface area (Å²) in [5.41, 5.74) is 2.58. The molecule has 1 heterocycles. The van der Waals surface area contributed by atoms with Crippen molar-refractivity contribution in [2.24, 2.45) is 0 Å². The number of aryl methyl sites for hydroxylation is 1. The van der Waals surface area contributed by atoms with E-state index in [1.54, 1.807) is 17.4 Å². The minimum atomic E-state index is -0.179. The molecule has 0 aliphatic rings. The number of hydrogen-bond acceptors (Lipinski definition) is 5. The Kier molecular flexibility index (Phi) is 6.06. The summed E-state index contributed by atoms with van der Waals surface area (Å²) >= 11 is 1.45. The third kappa shape index (κ3) is 3.91. The fourth-order valence-corrected chi connectivity index (χ4v) is 2.99. The van der Waals surface area contributed by atoms with Gasteiger partial charge in [-0.2, -0.15) is 0 Å². The monoisotopic (exact) mass is 320 g/mol. The zero-order chi connectivity index (χ0) is 15.9. The highest BCUT2D eigenvalue weighted by Gasteiger charge is 2.19. The van der Waals surface area contributed by atoms with Gasteiger partial charge in [-0.25, -0.2) is 4.98 Å². The van der Waals surface area contributed by atoms with E-state index in [9.17, 15) is 4.79 Å². The largest absolute Gasteiger partial charge is 0.395 e. The van der Waals surface area contributed by atoms with Crippen molar-refractivity contribution in [2.75, 3.05) is 33.4 Å². The maximum absolute atomic E-state index is 12.5. The third-order valence-corrected chi connectivity index (χ3v) is 4.20. The number of rotatable bonds is 7. The average molecular weight is 320 g/mol. The van der Waals surface area contributed by atoms with Crippen LogP contribution in [0.25, 0.3) is 10.6 Å². The van der Waals surface area contributed by atoms with Crippen LogP contribution >= 0.6 is 11.3 Å². The van der Waals surface area contributed by atoms with E-state index < -0.39 is 0 Å². The molecule has 0 radical (unpaired) electrons. The summed E-state index contributed by atoms with van der Waals surface area (Å²) in [6.45, 7) is 3.09. The SMILES string of the molecule is COCCN(CCO)C(=O)c1csc(-c2ccccc2C)n1. The number of aliphatic hydroxyl groups excluding tert-OH is 1. The highest BCUT2D eigenvalue weighted by molar-refractivity contribution is 7.13. The summed E-state index contributed by atoms with van der Waals surface area (Å²) in [6, 6.07) is 7.96. The molecule has 6 heteroatoms. The van der Waals surface area contributed by atoms with Gasteiger partial charge in [0.2, 0.25) is 0 Å². The molecule has 118 valence electrons. The van der Waals surface area contributed by atoms with E-state index in [1.165, 1.54) is 11.3 Å². The van der Waals surface area contributed by atoms with Gasteiger partial charge in [0.1, 0.15) is 10.7 Å². The molecule has 1 aromatic carbocycles. The maximum Gasteiger partial charge on any atom is 0.273 e. The molecule has 1 aromatic heterocycles. The lowest BCUT2D eigenvalue weighted by atomic mass is 10.1. The molecule has 0 saturated heterocycles. The molecule has 0 aliphatic carbocycles. The van der Waals surface area contributed by atoms with Crippen molar-refractivity contribution in [2.45, 2.75) is 6.92 Å². The van der Waals surface area contributed by atoms with E-state index in [2.05, 4.69) is 4.98 Å². The van der Waals surface area contributed by atoms with Crippen LogP contribution in [0.5, 0.6) is 0 Å². The molecule has 0 fully saturated rings. The van der Waals surface area contributed by atoms with Crippen molar-refractivity contribution in [3.05, 3.63) is 40.9 Å². The van der Waals surface area contributed by atoms with Crippen LogP contribution in [-0.2, 0) is 4.74 Å². The summed E-state index contributed by atoms with van der Waals surface area (Å²) in [4.78, 5) is 18.5. The van der Waals surface area contributed by atoms with Gasteiger partial charge >= 0.3 is 0 Å². The molecular formula is C16H20N2O3S. The highest BCUT2D eigenvalue weighted by atomic mass is 32.1.